The first kappa shape index (κ1) is 21.7. The Morgan fingerprint density at radius 2 is 1.05 bits per heavy atom. The molecule has 0 bridgehead atoms. The third-order valence-corrected chi connectivity index (χ3v) is 4.58. The highest BCUT2D eigenvalue weighted by atomic mass is 16.3. The zero-order valence-electron chi connectivity index (χ0n) is 15.3. The Balaban J connectivity index is 3.01. The van der Waals surface area contributed by atoms with Crippen molar-refractivity contribution in [3.05, 3.63) is 12.7 Å². The van der Waals surface area contributed by atoms with Gasteiger partial charge in [-0.05, 0) is 12.8 Å². The molecule has 0 aromatic carbocycles. The predicted molar refractivity (Wildman–Crippen MR) is 100 cm³/mol. The largest absolute Gasteiger partial charge is 0.393 e. The number of hydrogen-bond acceptors (Lipinski definition) is 1. The van der Waals surface area contributed by atoms with Gasteiger partial charge in [0, 0.05) is 0 Å². The van der Waals surface area contributed by atoms with Crippen molar-refractivity contribution >= 4 is 0 Å². The summed E-state index contributed by atoms with van der Waals surface area (Å²) in [6.07, 6.45) is 24.3. The van der Waals surface area contributed by atoms with Crippen LogP contribution < -0.4 is 0 Å². The Kier molecular flexibility index (Phi) is 18.5. The van der Waals surface area contributed by atoms with Crippen LogP contribution in [0.15, 0.2) is 12.7 Å². The van der Waals surface area contributed by atoms with Crippen molar-refractivity contribution in [2.45, 2.75) is 122 Å². The summed E-state index contributed by atoms with van der Waals surface area (Å²) in [5.41, 5.74) is 0. The van der Waals surface area contributed by atoms with Gasteiger partial charge in [-0.2, -0.15) is 0 Å². The summed E-state index contributed by atoms with van der Waals surface area (Å²) >= 11 is 0. The topological polar surface area (TPSA) is 20.2 Å². The molecule has 22 heavy (non-hydrogen) atoms. The second kappa shape index (κ2) is 18.7. The van der Waals surface area contributed by atoms with Crippen molar-refractivity contribution in [2.75, 3.05) is 0 Å². The maximum Gasteiger partial charge on any atom is 0.0574 e. The molecule has 0 radical (unpaired) electrons. The maximum absolute atomic E-state index is 9.58. The normalized spacial score (nSPS) is 12.5. The van der Waals surface area contributed by atoms with E-state index in [0.29, 0.717) is 0 Å². The summed E-state index contributed by atoms with van der Waals surface area (Å²) in [6, 6.07) is 0. The molecule has 0 aliphatic heterocycles. The fourth-order valence-corrected chi connectivity index (χ4v) is 3.06. The molecule has 0 saturated carbocycles. The lowest BCUT2D eigenvalue weighted by Gasteiger charge is -2.07. The van der Waals surface area contributed by atoms with Gasteiger partial charge in [-0.15, -0.1) is 6.58 Å². The van der Waals surface area contributed by atoms with E-state index in [9.17, 15) is 5.11 Å². The third kappa shape index (κ3) is 17.8. The second-order valence-corrected chi connectivity index (χ2v) is 6.92. The van der Waals surface area contributed by atoms with Crippen molar-refractivity contribution in [2.24, 2.45) is 0 Å². The lowest BCUT2D eigenvalue weighted by Crippen LogP contribution is -2.03. The Bertz CT molecular complexity index is 212. The first-order valence-corrected chi connectivity index (χ1v) is 10.1. The van der Waals surface area contributed by atoms with Crippen LogP contribution in [0.4, 0.5) is 0 Å². The fourth-order valence-electron chi connectivity index (χ4n) is 3.06. The molecular weight excluding hydrogens is 268 g/mol. The van der Waals surface area contributed by atoms with Crippen LogP contribution in [0.25, 0.3) is 0 Å². The molecule has 0 fully saturated rings. The molecular formula is C21H42O. The van der Waals surface area contributed by atoms with Crippen LogP contribution >= 0.6 is 0 Å². The van der Waals surface area contributed by atoms with Crippen LogP contribution in [0, 0.1) is 0 Å². The van der Waals surface area contributed by atoms with Gasteiger partial charge in [-0.3, -0.25) is 0 Å². The zero-order valence-corrected chi connectivity index (χ0v) is 15.3. The average Bonchev–Trinajstić information content (AvgIpc) is 2.51. The van der Waals surface area contributed by atoms with Gasteiger partial charge < -0.3 is 5.11 Å². The Hall–Kier alpha value is -0.300. The number of aliphatic hydroxyl groups excluding tert-OH is 1. The molecule has 0 unspecified atom stereocenters. The van der Waals surface area contributed by atoms with Crippen molar-refractivity contribution in [1.82, 2.24) is 0 Å². The molecule has 1 nitrogen and oxygen atoms in total. The average molecular weight is 311 g/mol. The van der Waals surface area contributed by atoms with E-state index in [1.165, 1.54) is 96.3 Å². The summed E-state index contributed by atoms with van der Waals surface area (Å²) in [4.78, 5) is 0. The van der Waals surface area contributed by atoms with Crippen LogP contribution in [-0.4, -0.2) is 11.2 Å². The Morgan fingerprint density at radius 3 is 1.41 bits per heavy atom. The molecule has 0 rings (SSSR count). The molecule has 0 aliphatic rings. The van der Waals surface area contributed by atoms with E-state index in [4.69, 9.17) is 0 Å². The van der Waals surface area contributed by atoms with E-state index < -0.39 is 0 Å². The van der Waals surface area contributed by atoms with E-state index in [1.54, 1.807) is 0 Å². The fraction of sp³-hybridized carbons (Fsp3) is 0.905. The molecule has 0 aromatic heterocycles. The minimum Gasteiger partial charge on any atom is -0.393 e. The molecule has 0 aromatic rings. The van der Waals surface area contributed by atoms with E-state index in [-0.39, 0.29) is 6.10 Å². The van der Waals surface area contributed by atoms with Gasteiger partial charge in [0.05, 0.1) is 6.10 Å². The molecule has 1 N–H and O–H groups in total. The smallest absolute Gasteiger partial charge is 0.0574 e. The van der Waals surface area contributed by atoms with Crippen LogP contribution in [0.1, 0.15) is 116 Å². The van der Waals surface area contributed by atoms with Crippen molar-refractivity contribution in [3.8, 4) is 0 Å². The third-order valence-electron chi connectivity index (χ3n) is 4.58. The number of hydrogen-bond donors (Lipinski definition) is 1. The van der Waals surface area contributed by atoms with Crippen LogP contribution in [-0.2, 0) is 0 Å². The Morgan fingerprint density at radius 1 is 0.682 bits per heavy atom. The maximum atomic E-state index is 9.58. The first-order chi connectivity index (χ1) is 10.8. The van der Waals surface area contributed by atoms with E-state index in [1.807, 2.05) is 6.08 Å². The first-order valence-electron chi connectivity index (χ1n) is 10.1. The van der Waals surface area contributed by atoms with E-state index in [2.05, 4.69) is 13.5 Å². The highest BCUT2D eigenvalue weighted by molar-refractivity contribution is 4.71. The standard InChI is InChI=1S/C21H42O/c1-3-5-6-7-8-9-10-11-12-13-14-15-16-17-18-20-21(22)19-4-2/h4,21-22H,2-3,5-20H2,1H3/t21-/m1/s1. The van der Waals surface area contributed by atoms with Crippen molar-refractivity contribution in [3.63, 3.8) is 0 Å². The minimum atomic E-state index is -0.153. The number of rotatable bonds is 18. The van der Waals surface area contributed by atoms with Gasteiger partial charge in [0.2, 0.25) is 0 Å². The zero-order chi connectivity index (χ0) is 16.3. The molecule has 132 valence electrons. The number of aliphatic hydroxyl groups is 1. The van der Waals surface area contributed by atoms with Gasteiger partial charge in [0.15, 0.2) is 0 Å². The van der Waals surface area contributed by atoms with Crippen molar-refractivity contribution < 1.29 is 5.11 Å². The summed E-state index contributed by atoms with van der Waals surface area (Å²) in [7, 11) is 0. The van der Waals surface area contributed by atoms with Crippen LogP contribution in [0.5, 0.6) is 0 Å². The lowest BCUT2D eigenvalue weighted by atomic mass is 10.0. The molecule has 0 spiro atoms. The summed E-state index contributed by atoms with van der Waals surface area (Å²) < 4.78 is 0. The van der Waals surface area contributed by atoms with Gasteiger partial charge in [0.1, 0.15) is 0 Å². The van der Waals surface area contributed by atoms with Crippen LogP contribution in [0.2, 0.25) is 0 Å². The van der Waals surface area contributed by atoms with Crippen molar-refractivity contribution in [1.29, 1.82) is 0 Å². The van der Waals surface area contributed by atoms with E-state index in [0.717, 1.165) is 12.8 Å². The van der Waals surface area contributed by atoms with Gasteiger partial charge in [-0.25, -0.2) is 0 Å². The highest BCUT2D eigenvalue weighted by Crippen LogP contribution is 2.14. The Labute approximate surface area is 140 Å². The van der Waals surface area contributed by atoms with Crippen LogP contribution in [0.3, 0.4) is 0 Å². The molecule has 1 heteroatoms. The molecule has 0 saturated heterocycles. The lowest BCUT2D eigenvalue weighted by molar-refractivity contribution is 0.164. The summed E-state index contributed by atoms with van der Waals surface area (Å²) in [6.45, 7) is 5.95. The SMILES string of the molecule is C=CC[C@@H](O)CCCCCCCCCCCCCCCCC. The molecule has 0 aliphatic carbocycles. The van der Waals surface area contributed by atoms with Gasteiger partial charge in [-0.1, -0.05) is 109 Å². The predicted octanol–water partition coefficient (Wildman–Crippen LogP) is 7.18. The van der Waals surface area contributed by atoms with Gasteiger partial charge in [0.25, 0.3) is 0 Å². The number of unbranched alkanes of at least 4 members (excludes halogenated alkanes) is 14. The van der Waals surface area contributed by atoms with E-state index >= 15 is 0 Å². The minimum absolute atomic E-state index is 0.153. The monoisotopic (exact) mass is 310 g/mol. The molecule has 0 heterocycles. The van der Waals surface area contributed by atoms with Gasteiger partial charge >= 0.3 is 0 Å². The summed E-state index contributed by atoms with van der Waals surface area (Å²) in [5.74, 6) is 0. The quantitative estimate of drug-likeness (QED) is 0.210. The highest BCUT2D eigenvalue weighted by Gasteiger charge is 2.00. The molecule has 0 amide bonds. The summed E-state index contributed by atoms with van der Waals surface area (Å²) in [5, 5.41) is 9.58. The molecule has 1 atom stereocenters. The second-order valence-electron chi connectivity index (χ2n) is 6.92.